The molecule has 4 heteroatoms. The number of ether oxygens (including phenoxy) is 4. The summed E-state index contributed by atoms with van der Waals surface area (Å²) in [7, 11) is 0. The van der Waals surface area contributed by atoms with Gasteiger partial charge in [0.15, 0.2) is 0 Å². The van der Waals surface area contributed by atoms with Crippen molar-refractivity contribution in [3.63, 3.8) is 0 Å². The van der Waals surface area contributed by atoms with Crippen LogP contribution in [-0.4, -0.2) is 30.5 Å². The molecule has 4 nitrogen and oxygen atoms in total. The summed E-state index contributed by atoms with van der Waals surface area (Å²) in [6.07, 6.45) is 0.866. The van der Waals surface area contributed by atoms with Gasteiger partial charge in [-0.2, -0.15) is 0 Å². The van der Waals surface area contributed by atoms with Gasteiger partial charge in [0.1, 0.15) is 12.2 Å². The first-order chi connectivity index (χ1) is 16.3. The Hall–Kier alpha value is -2.50. The van der Waals surface area contributed by atoms with Gasteiger partial charge in [-0.05, 0) is 29.0 Å². The third kappa shape index (κ3) is 4.36. The van der Waals surface area contributed by atoms with Crippen molar-refractivity contribution in [1.82, 2.24) is 0 Å². The van der Waals surface area contributed by atoms with Crippen molar-refractivity contribution in [2.24, 2.45) is 11.8 Å². The van der Waals surface area contributed by atoms with Crippen LogP contribution in [0.1, 0.15) is 23.1 Å². The molecule has 1 saturated heterocycles. The van der Waals surface area contributed by atoms with E-state index in [-0.39, 0.29) is 23.9 Å². The zero-order chi connectivity index (χ0) is 22.1. The Bertz CT molecular complexity index is 1040. The molecular weight excluding hydrogens is 412 g/mol. The molecule has 2 aliphatic carbocycles. The predicted octanol–water partition coefficient (Wildman–Crippen LogP) is 5.16. The molecule has 6 atom stereocenters. The monoisotopic (exact) mass is 442 g/mol. The van der Waals surface area contributed by atoms with Crippen LogP contribution in [0.2, 0.25) is 0 Å². The summed E-state index contributed by atoms with van der Waals surface area (Å²) < 4.78 is 25.8. The average molecular weight is 443 g/mol. The van der Waals surface area contributed by atoms with E-state index in [1.165, 1.54) is 11.1 Å². The highest BCUT2D eigenvalue weighted by Gasteiger charge is 2.86. The van der Waals surface area contributed by atoms with Gasteiger partial charge in [0.25, 0.3) is 0 Å². The van der Waals surface area contributed by atoms with E-state index >= 15 is 0 Å². The molecule has 1 spiro atoms. The third-order valence-electron chi connectivity index (χ3n) is 7.27. The summed E-state index contributed by atoms with van der Waals surface area (Å²) in [5.41, 5.74) is 3.52. The van der Waals surface area contributed by atoms with Crippen molar-refractivity contribution in [2.45, 2.75) is 50.2 Å². The summed E-state index contributed by atoms with van der Waals surface area (Å²) in [5, 5.41) is 0. The van der Waals surface area contributed by atoms with Crippen molar-refractivity contribution in [3.8, 4) is 0 Å². The van der Waals surface area contributed by atoms with Gasteiger partial charge in [-0.1, -0.05) is 91.0 Å². The van der Waals surface area contributed by atoms with Gasteiger partial charge in [-0.3, -0.25) is 0 Å². The minimum Gasteiger partial charge on any atom is -0.374 e. The molecule has 0 radical (unpaired) electrons. The van der Waals surface area contributed by atoms with Crippen molar-refractivity contribution in [3.05, 3.63) is 108 Å². The van der Waals surface area contributed by atoms with Crippen LogP contribution in [-0.2, 0) is 38.8 Å². The lowest BCUT2D eigenvalue weighted by Crippen LogP contribution is -2.53. The normalized spacial score (nSPS) is 31.5. The number of benzene rings is 3. The van der Waals surface area contributed by atoms with Gasteiger partial charge in [-0.25, -0.2) is 0 Å². The number of hydrogen-bond acceptors (Lipinski definition) is 4. The van der Waals surface area contributed by atoms with E-state index in [1.54, 1.807) is 0 Å². The lowest BCUT2D eigenvalue weighted by molar-refractivity contribution is -0.221. The third-order valence-corrected chi connectivity index (χ3v) is 7.27. The topological polar surface area (TPSA) is 36.9 Å². The summed E-state index contributed by atoms with van der Waals surface area (Å²) in [5.74, 6) is 1.05. The maximum absolute atomic E-state index is 6.61. The van der Waals surface area contributed by atoms with Gasteiger partial charge in [0, 0.05) is 5.92 Å². The number of fused-ring (bicyclic) bond motifs is 1. The maximum atomic E-state index is 6.61. The first kappa shape index (κ1) is 21.1. The minimum absolute atomic E-state index is 0.00867. The molecule has 6 rings (SSSR count). The van der Waals surface area contributed by atoms with Crippen LogP contribution >= 0.6 is 0 Å². The Morgan fingerprint density at radius 3 is 1.73 bits per heavy atom. The Labute approximate surface area is 195 Å². The first-order valence-electron chi connectivity index (χ1n) is 11.9. The SMILES string of the molecule is c1ccc(COC[C@H]2O[C@@]34CC3[C@@H]4[C@@H](OCc3ccccc3)[C@@H]2OCc2ccccc2)cc1. The van der Waals surface area contributed by atoms with E-state index in [9.17, 15) is 0 Å². The summed E-state index contributed by atoms with van der Waals surface area (Å²) >= 11 is 0. The summed E-state index contributed by atoms with van der Waals surface area (Å²) in [6, 6.07) is 31.0. The molecule has 170 valence electrons. The van der Waals surface area contributed by atoms with Crippen LogP contribution in [0.25, 0.3) is 0 Å². The fourth-order valence-corrected chi connectivity index (χ4v) is 5.33. The van der Waals surface area contributed by atoms with Crippen LogP contribution in [0.3, 0.4) is 0 Å². The zero-order valence-electron chi connectivity index (χ0n) is 18.7. The van der Waals surface area contributed by atoms with Crippen LogP contribution in [0.15, 0.2) is 91.0 Å². The largest absolute Gasteiger partial charge is 0.374 e. The second-order valence-electron chi connectivity index (χ2n) is 9.47. The van der Waals surface area contributed by atoms with Gasteiger partial charge < -0.3 is 18.9 Å². The highest BCUT2D eigenvalue weighted by atomic mass is 16.6. The molecule has 1 heterocycles. The van der Waals surface area contributed by atoms with Crippen LogP contribution in [0.4, 0.5) is 0 Å². The molecule has 2 saturated carbocycles. The van der Waals surface area contributed by atoms with Crippen molar-refractivity contribution >= 4 is 0 Å². The molecule has 3 aromatic carbocycles. The van der Waals surface area contributed by atoms with Gasteiger partial charge in [-0.15, -0.1) is 0 Å². The fourth-order valence-electron chi connectivity index (χ4n) is 5.33. The Kier molecular flexibility index (Phi) is 5.77. The molecule has 3 aromatic rings. The van der Waals surface area contributed by atoms with Crippen LogP contribution < -0.4 is 0 Å². The van der Waals surface area contributed by atoms with Crippen molar-refractivity contribution in [2.75, 3.05) is 6.61 Å². The molecule has 3 fully saturated rings. The number of hydrogen-bond donors (Lipinski definition) is 0. The average Bonchev–Trinajstić information content (AvgIpc) is 3.74. The standard InChI is InChI=1S/C29H30O4/c1-4-10-21(11-5-1)17-30-20-25-27(31-18-22-12-6-2-7-13-22)28(26-24-16-29(24,26)33-25)32-19-23-14-8-3-9-15-23/h1-15,24-28H,16-20H2/t24?,25-,26-,27-,28-,29+/m1/s1. The quantitative estimate of drug-likeness (QED) is 0.435. The molecule has 33 heavy (non-hydrogen) atoms. The summed E-state index contributed by atoms with van der Waals surface area (Å²) in [6.45, 7) is 2.20. The fraction of sp³-hybridized carbons (Fsp3) is 0.379. The van der Waals surface area contributed by atoms with Crippen molar-refractivity contribution < 1.29 is 18.9 Å². The second kappa shape index (κ2) is 9.03. The van der Waals surface area contributed by atoms with E-state index < -0.39 is 0 Å². The molecule has 0 N–H and O–H groups in total. The molecule has 0 bridgehead atoms. The molecule has 3 aliphatic rings. The van der Waals surface area contributed by atoms with E-state index in [2.05, 4.69) is 48.5 Å². The van der Waals surface area contributed by atoms with Gasteiger partial charge in [0.2, 0.25) is 0 Å². The van der Waals surface area contributed by atoms with Crippen LogP contribution in [0, 0.1) is 11.8 Å². The van der Waals surface area contributed by atoms with Gasteiger partial charge >= 0.3 is 0 Å². The molecular formula is C29H30O4. The maximum Gasteiger partial charge on any atom is 0.113 e. The smallest absolute Gasteiger partial charge is 0.113 e. The Morgan fingerprint density at radius 2 is 1.18 bits per heavy atom. The zero-order valence-corrected chi connectivity index (χ0v) is 18.7. The predicted molar refractivity (Wildman–Crippen MR) is 125 cm³/mol. The Morgan fingerprint density at radius 1 is 0.667 bits per heavy atom. The summed E-state index contributed by atoms with van der Waals surface area (Å²) in [4.78, 5) is 0. The molecule has 0 amide bonds. The number of rotatable bonds is 10. The van der Waals surface area contributed by atoms with E-state index in [4.69, 9.17) is 18.9 Å². The molecule has 1 aliphatic heterocycles. The van der Waals surface area contributed by atoms with Crippen LogP contribution in [0.5, 0.6) is 0 Å². The Balaban J connectivity index is 1.17. The van der Waals surface area contributed by atoms with E-state index in [0.717, 1.165) is 12.0 Å². The molecule has 1 unspecified atom stereocenters. The lowest BCUT2D eigenvalue weighted by Gasteiger charge is -2.41. The highest BCUT2D eigenvalue weighted by Crippen LogP contribution is 2.78. The van der Waals surface area contributed by atoms with Gasteiger partial charge in [0.05, 0.1) is 38.1 Å². The highest BCUT2D eigenvalue weighted by molar-refractivity contribution is 5.34. The first-order valence-corrected chi connectivity index (χ1v) is 11.9. The van der Waals surface area contributed by atoms with Crippen molar-refractivity contribution in [1.29, 1.82) is 0 Å². The minimum atomic E-state index is -0.159. The van der Waals surface area contributed by atoms with E-state index in [1.807, 2.05) is 42.5 Å². The second-order valence-corrected chi connectivity index (χ2v) is 9.47. The van der Waals surface area contributed by atoms with E-state index in [0.29, 0.717) is 38.3 Å². The molecule has 0 aromatic heterocycles. The lowest BCUT2D eigenvalue weighted by atomic mass is 9.93.